The van der Waals surface area contributed by atoms with Crippen molar-refractivity contribution >= 4 is 5.91 Å². The van der Waals surface area contributed by atoms with Crippen molar-refractivity contribution in [2.75, 3.05) is 7.05 Å². The molecule has 1 aliphatic heterocycles. The molecule has 3 heterocycles. The predicted molar refractivity (Wildman–Crippen MR) is 72.2 cm³/mol. The van der Waals surface area contributed by atoms with Gasteiger partial charge in [-0.1, -0.05) is 5.16 Å². The summed E-state index contributed by atoms with van der Waals surface area (Å²) in [5.41, 5.74) is 2.52. The summed E-state index contributed by atoms with van der Waals surface area (Å²) in [6.45, 7) is 2.84. The van der Waals surface area contributed by atoms with E-state index in [4.69, 9.17) is 4.52 Å². The first-order chi connectivity index (χ1) is 9.68. The maximum absolute atomic E-state index is 12.6. The second-order valence-corrected chi connectivity index (χ2v) is 5.20. The molecule has 2 aromatic rings. The fourth-order valence-electron chi connectivity index (χ4n) is 2.60. The minimum atomic E-state index is -0.125. The highest BCUT2D eigenvalue weighted by Gasteiger charge is 2.26. The largest absolute Gasteiger partial charge is 0.364 e. The number of carbonyl (C=O) groups excluding carboxylic acids is 1. The molecule has 20 heavy (non-hydrogen) atoms. The molecule has 0 N–H and O–H groups in total. The Morgan fingerprint density at radius 1 is 1.50 bits per heavy atom. The maximum Gasteiger partial charge on any atom is 0.257 e. The Balaban J connectivity index is 1.83. The van der Waals surface area contributed by atoms with Gasteiger partial charge >= 0.3 is 0 Å². The molecule has 1 unspecified atom stereocenters. The Morgan fingerprint density at radius 2 is 2.35 bits per heavy atom. The minimum Gasteiger partial charge on any atom is -0.364 e. The highest BCUT2D eigenvalue weighted by Crippen LogP contribution is 2.23. The van der Waals surface area contributed by atoms with Crippen molar-refractivity contribution in [1.82, 2.24) is 19.8 Å². The molecule has 0 spiro atoms. The SMILES string of the molecule is CC(c1ccon1)N(C)C(=O)c1cnn2c1CCCC2. The first kappa shape index (κ1) is 12.9. The summed E-state index contributed by atoms with van der Waals surface area (Å²) >= 11 is 0. The molecule has 1 aliphatic rings. The molecular formula is C14H18N4O2. The Morgan fingerprint density at radius 3 is 3.10 bits per heavy atom. The van der Waals surface area contributed by atoms with Gasteiger partial charge in [0.25, 0.3) is 5.91 Å². The molecule has 3 rings (SSSR count). The smallest absolute Gasteiger partial charge is 0.257 e. The van der Waals surface area contributed by atoms with Crippen LogP contribution in [-0.4, -0.2) is 32.8 Å². The minimum absolute atomic E-state index is 0.0105. The number of amides is 1. The van der Waals surface area contributed by atoms with Crippen LogP contribution in [0, 0.1) is 0 Å². The number of aryl methyl sites for hydroxylation is 1. The molecule has 0 saturated carbocycles. The van der Waals surface area contributed by atoms with Gasteiger partial charge in [-0.2, -0.15) is 5.10 Å². The predicted octanol–water partition coefficient (Wildman–Crippen LogP) is 2.04. The van der Waals surface area contributed by atoms with Gasteiger partial charge in [0.05, 0.1) is 23.5 Å². The lowest BCUT2D eigenvalue weighted by atomic mass is 10.1. The van der Waals surface area contributed by atoms with Gasteiger partial charge in [-0.25, -0.2) is 0 Å². The molecule has 0 bridgehead atoms. The molecule has 0 saturated heterocycles. The van der Waals surface area contributed by atoms with Crippen molar-refractivity contribution in [3.05, 3.63) is 35.5 Å². The normalized spacial score (nSPS) is 15.7. The van der Waals surface area contributed by atoms with Gasteiger partial charge in [-0.3, -0.25) is 9.48 Å². The molecule has 6 nitrogen and oxygen atoms in total. The number of fused-ring (bicyclic) bond motifs is 1. The first-order valence-corrected chi connectivity index (χ1v) is 6.90. The second kappa shape index (κ2) is 5.11. The van der Waals surface area contributed by atoms with Gasteiger partial charge in [0.2, 0.25) is 0 Å². The molecule has 1 atom stereocenters. The molecule has 0 aromatic carbocycles. The zero-order valence-corrected chi connectivity index (χ0v) is 11.7. The number of hydrogen-bond donors (Lipinski definition) is 0. The van der Waals surface area contributed by atoms with E-state index in [9.17, 15) is 4.79 Å². The Hall–Kier alpha value is -2.11. The van der Waals surface area contributed by atoms with Gasteiger partial charge in [0.15, 0.2) is 0 Å². The molecule has 0 radical (unpaired) electrons. The van der Waals surface area contributed by atoms with Crippen LogP contribution in [0.1, 0.15) is 47.6 Å². The van der Waals surface area contributed by atoms with Crippen LogP contribution in [0.2, 0.25) is 0 Å². The third-order valence-electron chi connectivity index (χ3n) is 4.00. The fraction of sp³-hybridized carbons (Fsp3) is 0.500. The van der Waals surface area contributed by atoms with E-state index in [0.717, 1.165) is 37.2 Å². The molecule has 0 fully saturated rings. The van der Waals surface area contributed by atoms with Crippen molar-refractivity contribution in [2.45, 2.75) is 38.8 Å². The number of carbonyl (C=O) groups is 1. The van der Waals surface area contributed by atoms with Crippen LogP contribution in [0.4, 0.5) is 0 Å². The highest BCUT2D eigenvalue weighted by molar-refractivity contribution is 5.95. The summed E-state index contributed by atoms with van der Waals surface area (Å²) in [6, 6.07) is 1.66. The maximum atomic E-state index is 12.6. The van der Waals surface area contributed by atoms with Gasteiger partial charge in [-0.15, -0.1) is 0 Å². The van der Waals surface area contributed by atoms with Crippen molar-refractivity contribution in [2.24, 2.45) is 0 Å². The van der Waals surface area contributed by atoms with Gasteiger partial charge < -0.3 is 9.42 Å². The van der Waals surface area contributed by atoms with Crippen LogP contribution in [-0.2, 0) is 13.0 Å². The zero-order valence-electron chi connectivity index (χ0n) is 11.7. The van der Waals surface area contributed by atoms with Crippen molar-refractivity contribution in [1.29, 1.82) is 0 Å². The van der Waals surface area contributed by atoms with Crippen LogP contribution in [0.3, 0.4) is 0 Å². The summed E-state index contributed by atoms with van der Waals surface area (Å²) in [6.07, 6.45) is 6.39. The quantitative estimate of drug-likeness (QED) is 0.859. The summed E-state index contributed by atoms with van der Waals surface area (Å²) in [5.74, 6) is -0.0105. The van der Waals surface area contributed by atoms with Gasteiger partial charge in [0, 0.05) is 19.7 Å². The van der Waals surface area contributed by atoms with E-state index in [2.05, 4.69) is 10.3 Å². The fourth-order valence-corrected chi connectivity index (χ4v) is 2.60. The Labute approximate surface area is 117 Å². The van der Waals surface area contributed by atoms with E-state index in [1.54, 1.807) is 24.2 Å². The number of nitrogens with zero attached hydrogens (tertiary/aromatic N) is 4. The van der Waals surface area contributed by atoms with Crippen LogP contribution in [0.15, 0.2) is 23.0 Å². The molecule has 1 amide bonds. The lowest BCUT2D eigenvalue weighted by Crippen LogP contribution is -2.30. The lowest BCUT2D eigenvalue weighted by molar-refractivity contribution is 0.0736. The summed E-state index contributed by atoms with van der Waals surface area (Å²) in [5, 5.41) is 8.22. The summed E-state index contributed by atoms with van der Waals surface area (Å²) < 4.78 is 6.79. The second-order valence-electron chi connectivity index (χ2n) is 5.20. The van der Waals surface area contributed by atoms with Crippen molar-refractivity contribution in [3.8, 4) is 0 Å². The van der Waals surface area contributed by atoms with Crippen molar-refractivity contribution < 1.29 is 9.32 Å². The van der Waals surface area contributed by atoms with Crippen molar-refractivity contribution in [3.63, 3.8) is 0 Å². The molecule has 0 aliphatic carbocycles. The van der Waals surface area contributed by atoms with Crippen LogP contribution in [0.25, 0.3) is 0 Å². The van der Waals surface area contributed by atoms with E-state index >= 15 is 0 Å². The number of aromatic nitrogens is 3. The molecular weight excluding hydrogens is 256 g/mol. The average Bonchev–Trinajstić information content (AvgIpc) is 3.14. The average molecular weight is 274 g/mol. The van der Waals surface area contributed by atoms with E-state index in [1.807, 2.05) is 11.6 Å². The highest BCUT2D eigenvalue weighted by atomic mass is 16.5. The molecule has 2 aromatic heterocycles. The zero-order chi connectivity index (χ0) is 14.1. The van der Waals surface area contributed by atoms with E-state index in [-0.39, 0.29) is 11.9 Å². The Bertz CT molecular complexity index is 603. The summed E-state index contributed by atoms with van der Waals surface area (Å²) in [4.78, 5) is 14.3. The molecule has 106 valence electrons. The number of rotatable bonds is 3. The topological polar surface area (TPSA) is 64.2 Å². The standard InChI is InChI=1S/C14H18N4O2/c1-10(12-6-8-20-16-12)17(2)14(19)11-9-15-18-7-4-3-5-13(11)18/h6,8-10H,3-5,7H2,1-2H3. The van der Waals surface area contributed by atoms with Crippen LogP contribution >= 0.6 is 0 Å². The third-order valence-corrected chi connectivity index (χ3v) is 4.00. The van der Waals surface area contributed by atoms with E-state index in [1.165, 1.54) is 6.26 Å². The van der Waals surface area contributed by atoms with E-state index < -0.39 is 0 Å². The van der Waals surface area contributed by atoms with Crippen LogP contribution < -0.4 is 0 Å². The van der Waals surface area contributed by atoms with E-state index in [0.29, 0.717) is 5.56 Å². The first-order valence-electron chi connectivity index (χ1n) is 6.90. The third kappa shape index (κ3) is 2.11. The summed E-state index contributed by atoms with van der Waals surface area (Å²) in [7, 11) is 1.79. The monoisotopic (exact) mass is 274 g/mol. The Kier molecular flexibility index (Phi) is 3.30. The van der Waals surface area contributed by atoms with Gasteiger partial charge in [0.1, 0.15) is 12.0 Å². The number of hydrogen-bond acceptors (Lipinski definition) is 4. The van der Waals surface area contributed by atoms with Gasteiger partial charge in [-0.05, 0) is 26.2 Å². The molecule has 6 heteroatoms. The lowest BCUT2D eigenvalue weighted by Gasteiger charge is -2.23. The van der Waals surface area contributed by atoms with Crippen LogP contribution in [0.5, 0.6) is 0 Å².